The summed E-state index contributed by atoms with van der Waals surface area (Å²) in [7, 11) is 0. The third-order valence-electron chi connectivity index (χ3n) is 3.05. The van der Waals surface area contributed by atoms with Crippen LogP contribution in [-0.4, -0.2) is 12.6 Å². The van der Waals surface area contributed by atoms with E-state index in [1.807, 2.05) is 0 Å². The fourth-order valence-corrected chi connectivity index (χ4v) is 3.15. The maximum Gasteiger partial charge on any atom is 0.416 e. The topological polar surface area (TPSA) is 26.3 Å². The molecule has 0 unspecified atom stereocenters. The monoisotopic (exact) mass is 386 g/mol. The number of hydrogen-bond donors (Lipinski definition) is 0. The fourth-order valence-electron chi connectivity index (χ4n) is 1.93. The third-order valence-corrected chi connectivity index (χ3v) is 4.36. The first kappa shape index (κ1) is 19.4. The summed E-state index contributed by atoms with van der Waals surface area (Å²) in [4.78, 5) is 12.5. The summed E-state index contributed by atoms with van der Waals surface area (Å²) < 4.78 is 43.0. The Balaban J connectivity index is 2.15. The van der Waals surface area contributed by atoms with Crippen LogP contribution in [0.2, 0.25) is 5.02 Å². The number of hydrogen-bond acceptors (Lipinski definition) is 3. The molecule has 0 aromatic heterocycles. The van der Waals surface area contributed by atoms with Gasteiger partial charge in [-0.25, -0.2) is 4.79 Å². The maximum atomic E-state index is 12.8. The number of benzene rings is 2. The van der Waals surface area contributed by atoms with Gasteiger partial charge in [-0.1, -0.05) is 35.5 Å². The normalized spacial score (nSPS) is 11.7. The van der Waals surface area contributed by atoms with Crippen molar-refractivity contribution in [2.24, 2.45) is 0 Å². The highest BCUT2D eigenvalue weighted by atomic mass is 35.5. The van der Waals surface area contributed by atoms with E-state index in [0.29, 0.717) is 20.4 Å². The number of carbonyl (C=O) groups excluding carboxylic acids is 1. The van der Waals surface area contributed by atoms with E-state index in [-0.39, 0.29) is 6.61 Å². The predicted octanol–water partition coefficient (Wildman–Crippen LogP) is 6.09. The molecule has 2 aromatic carbocycles. The van der Waals surface area contributed by atoms with E-state index in [4.69, 9.17) is 16.3 Å². The van der Waals surface area contributed by atoms with Crippen LogP contribution in [0.3, 0.4) is 0 Å². The highest BCUT2D eigenvalue weighted by Gasteiger charge is 2.30. The maximum absolute atomic E-state index is 12.8. The van der Waals surface area contributed by atoms with Crippen LogP contribution in [0, 0.1) is 0 Å². The van der Waals surface area contributed by atoms with Crippen molar-refractivity contribution in [1.29, 1.82) is 0 Å². The summed E-state index contributed by atoms with van der Waals surface area (Å²) in [5.41, 5.74) is -0.0827. The largest absolute Gasteiger partial charge is 0.463 e. The van der Waals surface area contributed by atoms with Gasteiger partial charge < -0.3 is 4.74 Å². The first-order valence-corrected chi connectivity index (χ1v) is 8.48. The van der Waals surface area contributed by atoms with Gasteiger partial charge in [-0.2, -0.15) is 13.2 Å². The van der Waals surface area contributed by atoms with Crippen molar-refractivity contribution in [2.45, 2.75) is 22.9 Å². The van der Waals surface area contributed by atoms with Gasteiger partial charge in [0.1, 0.15) is 0 Å². The summed E-state index contributed by atoms with van der Waals surface area (Å²) in [5.74, 6) is -0.471. The molecule has 0 heterocycles. The molecule has 0 saturated carbocycles. The van der Waals surface area contributed by atoms with Crippen molar-refractivity contribution in [2.75, 3.05) is 6.61 Å². The number of halogens is 4. The standard InChI is InChI=1S/C18H14ClF3O2S/c1-2-24-17(23)9-7-12-6-8-15(11-16(12)19)25-14-5-3-4-13(10-14)18(20,21)22/h3-11H,2H2,1H3. The van der Waals surface area contributed by atoms with Crippen LogP contribution in [-0.2, 0) is 15.7 Å². The van der Waals surface area contributed by atoms with E-state index in [0.717, 1.165) is 12.1 Å². The molecule has 0 atom stereocenters. The number of ether oxygens (including phenoxy) is 1. The zero-order valence-corrected chi connectivity index (χ0v) is 14.7. The molecule has 132 valence electrons. The molecule has 0 aliphatic rings. The van der Waals surface area contributed by atoms with Crippen molar-refractivity contribution < 1.29 is 22.7 Å². The van der Waals surface area contributed by atoms with Crippen molar-refractivity contribution in [3.63, 3.8) is 0 Å². The Labute approximate surface area is 152 Å². The molecule has 2 rings (SSSR count). The van der Waals surface area contributed by atoms with Gasteiger partial charge in [0.05, 0.1) is 12.2 Å². The lowest BCUT2D eigenvalue weighted by Crippen LogP contribution is -2.04. The number of esters is 1. The van der Waals surface area contributed by atoms with E-state index < -0.39 is 17.7 Å². The second-order valence-corrected chi connectivity index (χ2v) is 6.45. The highest BCUT2D eigenvalue weighted by molar-refractivity contribution is 7.99. The van der Waals surface area contributed by atoms with Crippen molar-refractivity contribution >= 4 is 35.4 Å². The van der Waals surface area contributed by atoms with E-state index in [9.17, 15) is 18.0 Å². The van der Waals surface area contributed by atoms with Crippen molar-refractivity contribution in [3.8, 4) is 0 Å². The first-order chi connectivity index (χ1) is 11.8. The SMILES string of the molecule is CCOC(=O)C=Cc1ccc(Sc2cccc(C(F)(F)F)c2)cc1Cl. The molecule has 0 aliphatic carbocycles. The molecule has 0 fully saturated rings. The van der Waals surface area contributed by atoms with Crippen LogP contribution in [0.4, 0.5) is 13.2 Å². The molecular formula is C18H14ClF3O2S. The Hall–Kier alpha value is -1.92. The minimum Gasteiger partial charge on any atom is -0.463 e. The molecular weight excluding hydrogens is 373 g/mol. The lowest BCUT2D eigenvalue weighted by Gasteiger charge is -2.09. The van der Waals surface area contributed by atoms with Crippen LogP contribution in [0.1, 0.15) is 18.1 Å². The lowest BCUT2D eigenvalue weighted by atomic mass is 10.2. The predicted molar refractivity (Wildman–Crippen MR) is 92.7 cm³/mol. The molecule has 0 amide bonds. The average Bonchev–Trinajstić information content (AvgIpc) is 2.54. The van der Waals surface area contributed by atoms with Gasteiger partial charge in [0.2, 0.25) is 0 Å². The summed E-state index contributed by atoms with van der Waals surface area (Å²) in [6.45, 7) is 1.99. The summed E-state index contributed by atoms with van der Waals surface area (Å²) >= 11 is 7.34. The van der Waals surface area contributed by atoms with Gasteiger partial charge in [0.15, 0.2) is 0 Å². The van der Waals surface area contributed by atoms with Crippen LogP contribution in [0.15, 0.2) is 58.3 Å². The van der Waals surface area contributed by atoms with Crippen LogP contribution >= 0.6 is 23.4 Å². The average molecular weight is 387 g/mol. The molecule has 0 saturated heterocycles. The van der Waals surface area contributed by atoms with Gasteiger partial charge in [-0.15, -0.1) is 0 Å². The van der Waals surface area contributed by atoms with Crippen LogP contribution < -0.4 is 0 Å². The molecule has 0 aliphatic heterocycles. The molecule has 2 nitrogen and oxygen atoms in total. The van der Waals surface area contributed by atoms with Crippen LogP contribution in [0.5, 0.6) is 0 Å². The van der Waals surface area contributed by atoms with E-state index in [2.05, 4.69) is 0 Å². The van der Waals surface area contributed by atoms with Gasteiger partial charge in [-0.05, 0) is 48.9 Å². The summed E-state index contributed by atoms with van der Waals surface area (Å²) in [6.07, 6.45) is -1.58. The summed E-state index contributed by atoms with van der Waals surface area (Å²) in [6, 6.07) is 10.1. The number of alkyl halides is 3. The Morgan fingerprint density at radius 2 is 1.92 bits per heavy atom. The Morgan fingerprint density at radius 1 is 1.20 bits per heavy atom. The molecule has 0 spiro atoms. The van der Waals surface area contributed by atoms with Gasteiger partial charge >= 0.3 is 12.1 Å². The number of rotatable bonds is 5. The third kappa shape index (κ3) is 5.83. The Bertz CT molecular complexity index is 788. The molecule has 25 heavy (non-hydrogen) atoms. The quantitative estimate of drug-likeness (QED) is 0.459. The van der Waals surface area contributed by atoms with Crippen molar-refractivity contribution in [3.05, 3.63) is 64.7 Å². The minimum atomic E-state index is -4.38. The minimum absolute atomic E-state index is 0.281. The van der Waals surface area contributed by atoms with E-state index >= 15 is 0 Å². The zero-order valence-electron chi connectivity index (χ0n) is 13.1. The molecule has 2 aromatic rings. The molecule has 0 bridgehead atoms. The Kier molecular flexibility index (Phi) is 6.56. The summed E-state index contributed by atoms with van der Waals surface area (Å²) in [5, 5.41) is 0.387. The fraction of sp³-hybridized carbons (Fsp3) is 0.167. The smallest absolute Gasteiger partial charge is 0.416 e. The highest BCUT2D eigenvalue weighted by Crippen LogP contribution is 2.35. The van der Waals surface area contributed by atoms with E-state index in [1.165, 1.54) is 30.0 Å². The van der Waals surface area contributed by atoms with Crippen LogP contribution in [0.25, 0.3) is 6.08 Å². The number of carbonyl (C=O) groups is 1. The Morgan fingerprint density at radius 3 is 2.56 bits per heavy atom. The van der Waals surface area contributed by atoms with Gasteiger partial charge in [0, 0.05) is 20.9 Å². The second-order valence-electron chi connectivity index (χ2n) is 4.90. The molecule has 0 N–H and O–H groups in total. The van der Waals surface area contributed by atoms with Crippen molar-refractivity contribution in [1.82, 2.24) is 0 Å². The first-order valence-electron chi connectivity index (χ1n) is 7.29. The van der Waals surface area contributed by atoms with Gasteiger partial charge in [0.25, 0.3) is 0 Å². The molecule has 0 radical (unpaired) electrons. The molecule has 7 heteroatoms. The lowest BCUT2D eigenvalue weighted by molar-refractivity contribution is -0.138. The van der Waals surface area contributed by atoms with E-state index in [1.54, 1.807) is 31.2 Å². The van der Waals surface area contributed by atoms with Gasteiger partial charge in [-0.3, -0.25) is 0 Å². The second kappa shape index (κ2) is 8.45. The zero-order chi connectivity index (χ0) is 18.4.